The number of aryl methyl sites for hydroxylation is 1. The number of ketones is 1. The largest absolute Gasteiger partial charge is 0.295 e. The molecule has 2 rings (SSSR count). The van der Waals surface area contributed by atoms with E-state index < -0.39 is 0 Å². The number of fused-ring (bicyclic) bond motifs is 1. The Hall–Kier alpha value is -1.16. The third kappa shape index (κ3) is 3.54. The van der Waals surface area contributed by atoms with Crippen LogP contribution in [0.1, 0.15) is 39.9 Å². The van der Waals surface area contributed by atoms with E-state index in [1.807, 2.05) is 32.9 Å². The topological polar surface area (TPSA) is 25.9 Å². The van der Waals surface area contributed by atoms with E-state index in [0.29, 0.717) is 6.54 Å². The van der Waals surface area contributed by atoms with Gasteiger partial charge >= 0.3 is 0 Å². The molecule has 2 aromatic rings. The van der Waals surface area contributed by atoms with Crippen molar-refractivity contribution in [3.8, 4) is 0 Å². The van der Waals surface area contributed by atoms with Gasteiger partial charge in [0.05, 0.1) is 7.05 Å². The van der Waals surface area contributed by atoms with Crippen molar-refractivity contribution in [2.24, 2.45) is 12.5 Å². The molecule has 0 saturated carbocycles. The number of rotatable bonds is 4. The van der Waals surface area contributed by atoms with Gasteiger partial charge in [0, 0.05) is 11.8 Å². The first-order valence-electron chi connectivity index (χ1n) is 7.35. The smallest absolute Gasteiger partial charge is 0.257 e. The van der Waals surface area contributed by atoms with E-state index in [-0.39, 0.29) is 28.2 Å². The number of imidazole rings is 1. The number of benzene rings is 1. The number of halogens is 1. The highest BCUT2D eigenvalue weighted by molar-refractivity contribution is 8.93. The van der Waals surface area contributed by atoms with E-state index in [9.17, 15) is 4.79 Å². The van der Waals surface area contributed by atoms with Gasteiger partial charge < -0.3 is 0 Å². The fourth-order valence-corrected chi connectivity index (χ4v) is 2.52. The molecule has 0 bridgehead atoms. The van der Waals surface area contributed by atoms with E-state index >= 15 is 0 Å². The first-order valence-corrected chi connectivity index (χ1v) is 7.35. The molecule has 0 amide bonds. The lowest BCUT2D eigenvalue weighted by molar-refractivity contribution is -0.654. The molecule has 21 heavy (non-hydrogen) atoms. The molecule has 0 unspecified atom stereocenters. The van der Waals surface area contributed by atoms with Gasteiger partial charge in [0.15, 0.2) is 16.8 Å². The highest BCUT2D eigenvalue weighted by Crippen LogP contribution is 2.20. The van der Waals surface area contributed by atoms with E-state index in [4.69, 9.17) is 0 Å². The van der Waals surface area contributed by atoms with Crippen LogP contribution in [-0.4, -0.2) is 10.4 Å². The molecule has 0 fully saturated rings. The van der Waals surface area contributed by atoms with E-state index in [0.717, 1.165) is 18.4 Å². The zero-order valence-electron chi connectivity index (χ0n) is 13.6. The van der Waals surface area contributed by atoms with Gasteiger partial charge in [0.25, 0.3) is 5.82 Å². The average molecular weight is 354 g/mol. The van der Waals surface area contributed by atoms with Crippen LogP contribution in [0.25, 0.3) is 11.0 Å². The van der Waals surface area contributed by atoms with Gasteiger partial charge in [-0.05, 0) is 18.6 Å². The summed E-state index contributed by atoms with van der Waals surface area (Å²) in [6.07, 6.45) is 2.07. The second-order valence-electron chi connectivity index (χ2n) is 6.47. The van der Waals surface area contributed by atoms with Crippen molar-refractivity contribution in [2.75, 3.05) is 0 Å². The quantitative estimate of drug-likeness (QED) is 0.771. The number of hydrogen-bond acceptors (Lipinski definition) is 1. The van der Waals surface area contributed by atoms with Crippen LogP contribution in [0, 0.1) is 5.41 Å². The summed E-state index contributed by atoms with van der Waals surface area (Å²) in [4.78, 5) is 12.4. The monoisotopic (exact) mass is 353 g/mol. The van der Waals surface area contributed by atoms with Crippen LogP contribution in [0.2, 0.25) is 0 Å². The van der Waals surface area contributed by atoms with Crippen molar-refractivity contribution in [3.63, 3.8) is 0 Å². The van der Waals surface area contributed by atoms with Crippen molar-refractivity contribution in [1.29, 1.82) is 0 Å². The molecule has 0 atom stereocenters. The van der Waals surface area contributed by atoms with E-state index in [2.05, 4.69) is 35.2 Å². The molecule has 0 aliphatic heterocycles. The van der Waals surface area contributed by atoms with E-state index in [1.165, 1.54) is 11.3 Å². The number of aromatic nitrogens is 2. The molecule has 3 nitrogen and oxygen atoms in total. The molecule has 4 heteroatoms. The fraction of sp³-hybridized carbons (Fsp3) is 0.529. The number of carbonyl (C=O) groups excluding carboxylic acids is 1. The summed E-state index contributed by atoms with van der Waals surface area (Å²) in [6.45, 7) is 8.59. The lowest BCUT2D eigenvalue weighted by atomic mass is 9.91. The standard InChI is InChI=1S/C17H25N2O.BrH/c1-6-9-16-18(5)13-10-7-8-11-14(13)19(16)12-15(20)17(2,3)4;/h7-8,10-11H,6,9,12H2,1-5H3;1H/q+1;. The van der Waals surface area contributed by atoms with Gasteiger partial charge in [0.2, 0.25) is 0 Å². The third-order valence-electron chi connectivity index (χ3n) is 3.84. The maximum atomic E-state index is 12.4. The second kappa shape index (κ2) is 6.73. The molecule has 1 heterocycles. The van der Waals surface area contributed by atoms with Crippen molar-refractivity contribution < 1.29 is 9.36 Å². The molecular weight excluding hydrogens is 328 g/mol. The van der Waals surface area contributed by atoms with Crippen LogP contribution in [0.5, 0.6) is 0 Å². The molecule has 0 radical (unpaired) electrons. The summed E-state index contributed by atoms with van der Waals surface area (Å²) >= 11 is 0. The van der Waals surface area contributed by atoms with Crippen LogP contribution in [0.3, 0.4) is 0 Å². The van der Waals surface area contributed by atoms with Gasteiger partial charge in [-0.1, -0.05) is 39.8 Å². The zero-order chi connectivity index (χ0) is 14.9. The maximum Gasteiger partial charge on any atom is 0.257 e. The number of para-hydroxylation sites is 2. The van der Waals surface area contributed by atoms with Crippen molar-refractivity contribution >= 4 is 33.8 Å². The summed E-state index contributed by atoms with van der Waals surface area (Å²) in [6, 6.07) is 8.31. The normalized spacial score (nSPS) is 11.5. The Morgan fingerprint density at radius 3 is 2.43 bits per heavy atom. The SMILES string of the molecule is Br.CCCc1n(CC(=O)C(C)(C)C)c2ccccc2[n+]1C. The van der Waals surface area contributed by atoms with Crippen LogP contribution in [0.4, 0.5) is 0 Å². The second-order valence-corrected chi connectivity index (χ2v) is 6.47. The Morgan fingerprint density at radius 2 is 1.86 bits per heavy atom. The molecule has 0 aliphatic rings. The molecule has 0 saturated heterocycles. The summed E-state index contributed by atoms with van der Waals surface area (Å²) in [5, 5.41) is 0. The molecule has 1 aromatic carbocycles. The number of carbonyl (C=O) groups is 1. The molecule has 1 aromatic heterocycles. The Bertz CT molecular complexity index is 638. The van der Waals surface area contributed by atoms with Gasteiger partial charge in [0.1, 0.15) is 6.54 Å². The first kappa shape index (κ1) is 17.9. The van der Waals surface area contributed by atoms with Gasteiger partial charge in [-0.25, -0.2) is 9.13 Å². The molecule has 0 spiro atoms. The minimum atomic E-state index is -0.298. The number of Topliss-reactive ketones (excluding diaryl/α,β-unsaturated/α-hetero) is 1. The molecule has 0 aliphatic carbocycles. The summed E-state index contributed by atoms with van der Waals surface area (Å²) < 4.78 is 4.40. The molecule has 116 valence electrons. The lowest BCUT2D eigenvalue weighted by Crippen LogP contribution is -2.34. The van der Waals surface area contributed by atoms with Crippen molar-refractivity contribution in [2.45, 2.75) is 47.1 Å². The highest BCUT2D eigenvalue weighted by atomic mass is 79.9. The average Bonchev–Trinajstić information content (AvgIpc) is 2.64. The summed E-state index contributed by atoms with van der Waals surface area (Å²) in [7, 11) is 2.09. The number of hydrogen-bond donors (Lipinski definition) is 0. The number of nitrogens with zero attached hydrogens (tertiary/aromatic N) is 2. The van der Waals surface area contributed by atoms with Crippen LogP contribution in [0.15, 0.2) is 24.3 Å². The zero-order valence-corrected chi connectivity index (χ0v) is 15.4. The maximum absolute atomic E-state index is 12.4. The summed E-state index contributed by atoms with van der Waals surface area (Å²) in [5.41, 5.74) is 2.04. The molecular formula is C17H26BrN2O+. The minimum Gasteiger partial charge on any atom is -0.295 e. The van der Waals surface area contributed by atoms with E-state index in [1.54, 1.807) is 0 Å². The fourth-order valence-electron chi connectivity index (χ4n) is 2.52. The van der Waals surface area contributed by atoms with Gasteiger partial charge in [-0.2, -0.15) is 0 Å². The van der Waals surface area contributed by atoms with Crippen LogP contribution >= 0.6 is 17.0 Å². The Morgan fingerprint density at radius 1 is 1.24 bits per heavy atom. The first-order chi connectivity index (χ1) is 9.36. The minimum absolute atomic E-state index is 0. The van der Waals surface area contributed by atoms with Crippen LogP contribution in [-0.2, 0) is 24.8 Å². The predicted octanol–water partition coefficient (Wildman–Crippen LogP) is 3.61. The Labute approximate surface area is 137 Å². The Balaban J connectivity index is 0.00000220. The van der Waals surface area contributed by atoms with Crippen LogP contribution < -0.4 is 4.57 Å². The predicted molar refractivity (Wildman–Crippen MR) is 91.9 cm³/mol. The highest BCUT2D eigenvalue weighted by Gasteiger charge is 2.28. The third-order valence-corrected chi connectivity index (χ3v) is 3.84. The van der Waals surface area contributed by atoms with Gasteiger partial charge in [-0.3, -0.25) is 4.79 Å². The molecule has 0 N–H and O–H groups in total. The summed E-state index contributed by atoms with van der Waals surface area (Å²) in [5.74, 6) is 1.50. The van der Waals surface area contributed by atoms with Crippen molar-refractivity contribution in [3.05, 3.63) is 30.1 Å². The van der Waals surface area contributed by atoms with Gasteiger partial charge in [-0.15, -0.1) is 17.0 Å². The Kier molecular flexibility index (Phi) is 5.74. The lowest BCUT2D eigenvalue weighted by Gasteiger charge is -2.15. The van der Waals surface area contributed by atoms with Crippen molar-refractivity contribution in [1.82, 2.24) is 4.57 Å².